The molecule has 1 amide bonds. The second kappa shape index (κ2) is 9.38. The molecule has 6 heteroatoms. The van der Waals surface area contributed by atoms with Crippen molar-refractivity contribution in [2.75, 3.05) is 18.5 Å². The number of ether oxygens (including phenoxy) is 2. The number of amides is 1. The smallest absolute Gasteiger partial charge is 0.338 e. The van der Waals surface area contributed by atoms with Crippen LogP contribution in [0.1, 0.15) is 35.3 Å². The highest BCUT2D eigenvalue weighted by atomic mass is 79.9. The number of halogens is 1. The van der Waals surface area contributed by atoms with E-state index in [9.17, 15) is 9.59 Å². The summed E-state index contributed by atoms with van der Waals surface area (Å²) < 4.78 is 11.4. The van der Waals surface area contributed by atoms with Gasteiger partial charge < -0.3 is 14.8 Å². The number of anilines is 1. The molecular weight excluding hydrogens is 398 g/mol. The van der Waals surface area contributed by atoms with Crippen LogP contribution in [0.5, 0.6) is 5.75 Å². The molecule has 0 saturated carbocycles. The van der Waals surface area contributed by atoms with E-state index < -0.39 is 0 Å². The van der Waals surface area contributed by atoms with Crippen molar-refractivity contribution in [3.05, 3.63) is 57.6 Å². The molecule has 5 nitrogen and oxygen atoms in total. The van der Waals surface area contributed by atoms with E-state index in [-0.39, 0.29) is 18.5 Å². The third-order valence-electron chi connectivity index (χ3n) is 3.77. The fourth-order valence-corrected chi connectivity index (χ4v) is 2.90. The van der Waals surface area contributed by atoms with E-state index in [1.165, 1.54) is 5.56 Å². The van der Waals surface area contributed by atoms with Crippen LogP contribution in [0.4, 0.5) is 5.69 Å². The van der Waals surface area contributed by atoms with Gasteiger partial charge in [0.15, 0.2) is 6.61 Å². The molecule has 0 unspecified atom stereocenters. The van der Waals surface area contributed by atoms with Gasteiger partial charge in [-0.1, -0.05) is 13.0 Å². The predicted octanol–water partition coefficient (Wildman–Crippen LogP) is 4.51. The quantitative estimate of drug-likeness (QED) is 0.670. The first-order chi connectivity index (χ1) is 12.4. The van der Waals surface area contributed by atoms with Crippen molar-refractivity contribution < 1.29 is 19.1 Å². The Balaban J connectivity index is 1.96. The minimum Gasteiger partial charge on any atom is -0.483 e. The molecule has 0 radical (unpaired) electrons. The lowest BCUT2D eigenvalue weighted by molar-refractivity contribution is -0.118. The molecular formula is C20H22BrNO4. The summed E-state index contributed by atoms with van der Waals surface area (Å²) in [6.45, 7) is 5.86. The molecule has 0 heterocycles. The van der Waals surface area contributed by atoms with Crippen LogP contribution in [0.15, 0.2) is 40.9 Å². The highest BCUT2D eigenvalue weighted by Crippen LogP contribution is 2.26. The zero-order valence-electron chi connectivity index (χ0n) is 15.1. The van der Waals surface area contributed by atoms with Gasteiger partial charge in [0.05, 0.1) is 16.6 Å². The molecule has 0 atom stereocenters. The first kappa shape index (κ1) is 20.0. The summed E-state index contributed by atoms with van der Waals surface area (Å²) in [5.41, 5.74) is 3.05. The van der Waals surface area contributed by atoms with E-state index in [0.717, 1.165) is 16.5 Å². The van der Waals surface area contributed by atoms with Crippen molar-refractivity contribution in [2.45, 2.75) is 27.2 Å². The van der Waals surface area contributed by atoms with Gasteiger partial charge in [-0.3, -0.25) is 4.79 Å². The molecule has 138 valence electrons. The normalized spacial score (nSPS) is 10.3. The Morgan fingerprint density at radius 1 is 1.12 bits per heavy atom. The number of carbonyl (C=O) groups is 2. The number of aryl methyl sites for hydroxylation is 2. The molecule has 0 spiro atoms. The lowest BCUT2D eigenvalue weighted by Crippen LogP contribution is -2.21. The molecule has 0 saturated heterocycles. The highest BCUT2D eigenvalue weighted by molar-refractivity contribution is 9.10. The number of rotatable bonds is 7. The molecule has 2 rings (SSSR count). The van der Waals surface area contributed by atoms with E-state index in [4.69, 9.17) is 9.47 Å². The lowest BCUT2D eigenvalue weighted by Gasteiger charge is -2.12. The molecule has 0 aromatic heterocycles. The van der Waals surface area contributed by atoms with Crippen molar-refractivity contribution in [2.24, 2.45) is 0 Å². The van der Waals surface area contributed by atoms with Crippen LogP contribution in [-0.2, 0) is 16.0 Å². The largest absolute Gasteiger partial charge is 0.483 e. The summed E-state index contributed by atoms with van der Waals surface area (Å²) in [4.78, 5) is 23.9. The molecule has 2 aromatic rings. The molecule has 0 bridgehead atoms. The maximum Gasteiger partial charge on any atom is 0.338 e. The van der Waals surface area contributed by atoms with Gasteiger partial charge in [-0.05, 0) is 77.7 Å². The summed E-state index contributed by atoms with van der Waals surface area (Å²) in [5, 5.41) is 2.79. The Bertz CT molecular complexity index is 804. The average Bonchev–Trinajstić information content (AvgIpc) is 2.62. The summed E-state index contributed by atoms with van der Waals surface area (Å²) in [5.74, 6) is -0.0348. The standard InChI is InChI=1S/C20H22BrNO4/c1-4-14-6-9-18(16(21)11-14)26-12-19(23)22-17-8-7-15(10-13(17)3)20(24)25-5-2/h6-11H,4-5,12H2,1-3H3,(H,22,23). The second-order valence-electron chi connectivity index (χ2n) is 5.71. The number of benzene rings is 2. The summed E-state index contributed by atoms with van der Waals surface area (Å²) in [6.07, 6.45) is 0.931. The number of hydrogen-bond acceptors (Lipinski definition) is 4. The SMILES string of the molecule is CCOC(=O)c1ccc(NC(=O)COc2ccc(CC)cc2Br)c(C)c1. The number of hydrogen-bond donors (Lipinski definition) is 1. The van der Waals surface area contributed by atoms with Gasteiger partial charge in [-0.25, -0.2) is 4.79 Å². The molecule has 0 aliphatic carbocycles. The summed E-state index contributed by atoms with van der Waals surface area (Å²) in [6, 6.07) is 10.8. The highest BCUT2D eigenvalue weighted by Gasteiger charge is 2.11. The van der Waals surface area contributed by atoms with Crippen LogP contribution < -0.4 is 10.1 Å². The van der Waals surface area contributed by atoms with E-state index in [2.05, 4.69) is 28.2 Å². The molecule has 0 aliphatic heterocycles. The molecule has 2 aromatic carbocycles. The fourth-order valence-electron chi connectivity index (χ4n) is 2.36. The van der Waals surface area contributed by atoms with Gasteiger partial charge in [-0.15, -0.1) is 0 Å². The Morgan fingerprint density at radius 2 is 1.88 bits per heavy atom. The van der Waals surface area contributed by atoms with Crippen molar-refractivity contribution in [3.63, 3.8) is 0 Å². The first-order valence-corrected chi connectivity index (χ1v) is 9.22. The van der Waals surface area contributed by atoms with Crippen molar-refractivity contribution in [1.29, 1.82) is 0 Å². The minimum absolute atomic E-state index is 0.108. The maximum atomic E-state index is 12.2. The van der Waals surface area contributed by atoms with E-state index in [0.29, 0.717) is 23.6 Å². The maximum absolute atomic E-state index is 12.2. The molecule has 0 fully saturated rings. The molecule has 0 aliphatic rings. The average molecular weight is 420 g/mol. The lowest BCUT2D eigenvalue weighted by atomic mass is 10.1. The Kier molecular flexibility index (Phi) is 7.21. The zero-order chi connectivity index (χ0) is 19.1. The van der Waals surface area contributed by atoms with Gasteiger partial charge >= 0.3 is 5.97 Å². The Morgan fingerprint density at radius 3 is 2.50 bits per heavy atom. The predicted molar refractivity (Wildman–Crippen MR) is 105 cm³/mol. The van der Waals surface area contributed by atoms with Crippen molar-refractivity contribution >= 4 is 33.5 Å². The first-order valence-electron chi connectivity index (χ1n) is 8.43. The van der Waals surface area contributed by atoms with Crippen molar-refractivity contribution in [3.8, 4) is 5.75 Å². The van der Waals surface area contributed by atoms with Crippen LogP contribution >= 0.6 is 15.9 Å². The van der Waals surface area contributed by atoms with Gasteiger partial charge in [-0.2, -0.15) is 0 Å². The molecule has 26 heavy (non-hydrogen) atoms. The van der Waals surface area contributed by atoms with Gasteiger partial charge in [0, 0.05) is 5.69 Å². The monoisotopic (exact) mass is 419 g/mol. The van der Waals surface area contributed by atoms with Crippen LogP contribution in [0.3, 0.4) is 0 Å². The fraction of sp³-hybridized carbons (Fsp3) is 0.300. The van der Waals surface area contributed by atoms with E-state index in [1.807, 2.05) is 25.1 Å². The van der Waals surface area contributed by atoms with Gasteiger partial charge in [0.1, 0.15) is 5.75 Å². The second-order valence-corrected chi connectivity index (χ2v) is 6.56. The van der Waals surface area contributed by atoms with Gasteiger partial charge in [0.2, 0.25) is 0 Å². The molecule has 1 N–H and O–H groups in total. The van der Waals surface area contributed by atoms with E-state index >= 15 is 0 Å². The van der Waals surface area contributed by atoms with Gasteiger partial charge in [0.25, 0.3) is 5.91 Å². The van der Waals surface area contributed by atoms with Crippen LogP contribution in [0.2, 0.25) is 0 Å². The zero-order valence-corrected chi connectivity index (χ0v) is 16.7. The third kappa shape index (κ3) is 5.33. The Labute approximate surface area is 161 Å². The van der Waals surface area contributed by atoms with Crippen molar-refractivity contribution in [1.82, 2.24) is 0 Å². The number of esters is 1. The topological polar surface area (TPSA) is 64.6 Å². The Hall–Kier alpha value is -2.34. The van der Waals surface area contributed by atoms with Crippen LogP contribution in [0, 0.1) is 6.92 Å². The van der Waals surface area contributed by atoms with E-state index in [1.54, 1.807) is 25.1 Å². The van der Waals surface area contributed by atoms with Crippen LogP contribution in [0.25, 0.3) is 0 Å². The van der Waals surface area contributed by atoms with Crippen LogP contribution in [-0.4, -0.2) is 25.1 Å². The summed E-state index contributed by atoms with van der Waals surface area (Å²) >= 11 is 3.45. The summed E-state index contributed by atoms with van der Waals surface area (Å²) in [7, 11) is 0. The third-order valence-corrected chi connectivity index (χ3v) is 4.39. The number of carbonyl (C=O) groups excluding carboxylic acids is 2. The number of nitrogens with one attached hydrogen (secondary N) is 1. The minimum atomic E-state index is -0.378.